The fourth-order valence-corrected chi connectivity index (χ4v) is 3.65. The Morgan fingerprint density at radius 2 is 2.08 bits per heavy atom. The lowest BCUT2D eigenvalue weighted by Crippen LogP contribution is -2.29. The number of aliphatic hydroxyl groups excluding tert-OH is 1. The van der Waals surface area contributed by atoms with Gasteiger partial charge in [-0.15, -0.1) is 0 Å². The Morgan fingerprint density at radius 1 is 1.38 bits per heavy atom. The van der Waals surface area contributed by atoms with Crippen LogP contribution in [-0.4, -0.2) is 55.2 Å². The second-order valence-corrected chi connectivity index (χ2v) is 7.01. The fourth-order valence-electron chi connectivity index (χ4n) is 2.36. The number of phenolic OH excluding ortho intramolecular Hbond substituents is 2. The topological polar surface area (TPSA) is 128 Å². The number of nitrogens with zero attached hydrogens (tertiary/aromatic N) is 1. The summed E-state index contributed by atoms with van der Waals surface area (Å²) in [5.74, 6) is -2.43. The number of hydrogen-bond donors (Lipinski definition) is 4. The van der Waals surface area contributed by atoms with Gasteiger partial charge in [0.2, 0.25) is 5.75 Å². The molecular weight excluding hydrogens is 382 g/mol. The Kier molecular flexibility index (Phi) is 6.46. The van der Waals surface area contributed by atoms with E-state index in [1.807, 2.05) is 0 Å². The van der Waals surface area contributed by atoms with Gasteiger partial charge in [-0.1, -0.05) is 24.0 Å². The van der Waals surface area contributed by atoms with E-state index in [1.54, 1.807) is 0 Å². The molecule has 2 rings (SSSR count). The van der Waals surface area contributed by atoms with Gasteiger partial charge >= 0.3 is 5.97 Å². The molecule has 1 aromatic rings. The molecule has 1 aromatic carbocycles. The monoisotopic (exact) mass is 399 g/mol. The van der Waals surface area contributed by atoms with Gasteiger partial charge in [-0.25, -0.2) is 0 Å². The Labute approximate surface area is 158 Å². The van der Waals surface area contributed by atoms with Crippen molar-refractivity contribution < 1.29 is 34.8 Å². The number of amides is 1. The van der Waals surface area contributed by atoms with Crippen molar-refractivity contribution in [2.24, 2.45) is 0 Å². The third-order valence-corrected chi connectivity index (χ3v) is 5.05. The van der Waals surface area contributed by atoms with Crippen molar-refractivity contribution in [3.05, 3.63) is 22.1 Å². The largest absolute Gasteiger partial charge is 0.504 e. The van der Waals surface area contributed by atoms with Crippen LogP contribution >= 0.6 is 24.0 Å². The van der Waals surface area contributed by atoms with Gasteiger partial charge in [-0.2, -0.15) is 0 Å². The van der Waals surface area contributed by atoms with E-state index in [4.69, 9.17) is 22.1 Å². The summed E-state index contributed by atoms with van der Waals surface area (Å²) >= 11 is 6.14. The number of carbonyl (C=O) groups excluding carboxylic acids is 1. The first-order valence-electron chi connectivity index (χ1n) is 7.50. The average Bonchev–Trinajstić information content (AvgIpc) is 2.86. The number of carboxylic acids is 1. The van der Waals surface area contributed by atoms with Crippen LogP contribution in [0.5, 0.6) is 17.2 Å². The van der Waals surface area contributed by atoms with Crippen molar-refractivity contribution in [3.63, 3.8) is 0 Å². The minimum atomic E-state index is -0.961. The van der Waals surface area contributed by atoms with Crippen molar-refractivity contribution in [2.75, 3.05) is 13.7 Å². The second kappa shape index (κ2) is 8.39. The van der Waals surface area contributed by atoms with E-state index in [9.17, 15) is 24.9 Å². The Hall–Kier alpha value is -2.30. The van der Waals surface area contributed by atoms with Crippen molar-refractivity contribution in [1.82, 2.24) is 4.90 Å². The molecular formula is C16H17NO7S2. The Morgan fingerprint density at radius 3 is 2.65 bits per heavy atom. The molecule has 0 aromatic heterocycles. The maximum absolute atomic E-state index is 12.5. The molecule has 1 saturated heterocycles. The number of carbonyl (C=O) groups is 2. The summed E-state index contributed by atoms with van der Waals surface area (Å²) in [6.07, 6.45) is 1.50. The van der Waals surface area contributed by atoms with E-state index in [-0.39, 0.29) is 45.5 Å². The Bertz CT molecular complexity index is 791. The van der Waals surface area contributed by atoms with E-state index in [2.05, 4.69) is 0 Å². The minimum Gasteiger partial charge on any atom is -0.504 e. The van der Waals surface area contributed by atoms with Crippen LogP contribution in [0.1, 0.15) is 24.0 Å². The number of aliphatic hydroxyl groups is 1. The molecule has 1 aliphatic heterocycles. The van der Waals surface area contributed by atoms with Crippen LogP contribution in [0.15, 0.2) is 11.0 Å². The molecule has 1 aliphatic rings. The molecule has 8 nitrogen and oxygen atoms in total. The zero-order valence-corrected chi connectivity index (χ0v) is 15.4. The quantitative estimate of drug-likeness (QED) is 0.307. The molecule has 0 atom stereocenters. The van der Waals surface area contributed by atoms with E-state index in [0.29, 0.717) is 0 Å². The summed E-state index contributed by atoms with van der Waals surface area (Å²) in [6, 6.07) is 1.36. The van der Waals surface area contributed by atoms with E-state index in [0.717, 1.165) is 11.8 Å². The number of methoxy groups -OCH3 is 1. The van der Waals surface area contributed by atoms with Gasteiger partial charge < -0.3 is 25.2 Å². The maximum atomic E-state index is 12.5. The third kappa shape index (κ3) is 4.09. The van der Waals surface area contributed by atoms with Gasteiger partial charge in [0.1, 0.15) is 4.32 Å². The van der Waals surface area contributed by atoms with Crippen LogP contribution in [0.25, 0.3) is 6.08 Å². The maximum Gasteiger partial charge on any atom is 0.303 e. The molecule has 1 amide bonds. The van der Waals surface area contributed by atoms with Gasteiger partial charge in [0.15, 0.2) is 11.5 Å². The smallest absolute Gasteiger partial charge is 0.303 e. The van der Waals surface area contributed by atoms with Gasteiger partial charge in [-0.05, 0) is 24.1 Å². The lowest BCUT2D eigenvalue weighted by Gasteiger charge is -2.13. The molecule has 0 unspecified atom stereocenters. The molecule has 0 bridgehead atoms. The predicted octanol–water partition coefficient (Wildman–Crippen LogP) is 1.66. The molecule has 0 radical (unpaired) electrons. The van der Waals surface area contributed by atoms with Gasteiger partial charge in [-0.3, -0.25) is 14.5 Å². The number of benzene rings is 1. The lowest BCUT2D eigenvalue weighted by atomic mass is 10.0. The van der Waals surface area contributed by atoms with E-state index < -0.39 is 30.0 Å². The van der Waals surface area contributed by atoms with E-state index >= 15 is 0 Å². The zero-order chi connectivity index (χ0) is 19.4. The Balaban J connectivity index is 2.33. The van der Waals surface area contributed by atoms with Crippen LogP contribution in [0.4, 0.5) is 0 Å². The number of rotatable bonds is 7. The first-order valence-corrected chi connectivity index (χ1v) is 8.72. The fraction of sp³-hybridized carbons (Fsp3) is 0.312. The lowest BCUT2D eigenvalue weighted by molar-refractivity contribution is -0.137. The number of thioether (sulfide) groups is 1. The van der Waals surface area contributed by atoms with Crippen LogP contribution in [0.3, 0.4) is 0 Å². The highest BCUT2D eigenvalue weighted by molar-refractivity contribution is 8.26. The number of aromatic hydroxyl groups is 2. The zero-order valence-electron chi connectivity index (χ0n) is 13.8. The number of hydrogen-bond acceptors (Lipinski definition) is 8. The van der Waals surface area contributed by atoms with Crippen molar-refractivity contribution in [3.8, 4) is 17.2 Å². The molecule has 1 heterocycles. The minimum absolute atomic E-state index is 0.00933. The summed E-state index contributed by atoms with van der Waals surface area (Å²) in [4.78, 5) is 24.6. The predicted molar refractivity (Wildman–Crippen MR) is 99.0 cm³/mol. The van der Waals surface area contributed by atoms with Crippen molar-refractivity contribution >= 4 is 46.3 Å². The van der Waals surface area contributed by atoms with Crippen LogP contribution in [-0.2, 0) is 16.2 Å². The second-order valence-electron chi connectivity index (χ2n) is 5.34. The molecule has 140 valence electrons. The summed E-state index contributed by atoms with van der Waals surface area (Å²) in [6.45, 7) is -0.282. The number of thiocarbonyl (C=S) groups is 1. The molecule has 26 heavy (non-hydrogen) atoms. The molecule has 1 fully saturated rings. The number of phenols is 2. The van der Waals surface area contributed by atoms with E-state index in [1.165, 1.54) is 24.2 Å². The number of aliphatic carboxylic acids is 1. The molecule has 10 heteroatoms. The summed E-state index contributed by atoms with van der Waals surface area (Å²) in [7, 11) is 1.30. The number of carboxylic acid groups (broad SMARTS) is 1. The summed E-state index contributed by atoms with van der Waals surface area (Å²) in [5.41, 5.74) is 0.338. The first-order chi connectivity index (χ1) is 12.3. The van der Waals surface area contributed by atoms with Gasteiger partial charge in [0.25, 0.3) is 5.91 Å². The van der Waals surface area contributed by atoms with Crippen molar-refractivity contribution in [2.45, 2.75) is 19.4 Å². The average molecular weight is 399 g/mol. The summed E-state index contributed by atoms with van der Waals surface area (Å²) in [5, 5.41) is 38.3. The SMILES string of the molecule is COc1cc(CO)c(/C=C2\SC(=S)N(CCCC(=O)O)C2=O)c(O)c1O. The highest BCUT2D eigenvalue weighted by Crippen LogP contribution is 2.43. The highest BCUT2D eigenvalue weighted by Gasteiger charge is 2.32. The van der Waals surface area contributed by atoms with Crippen LogP contribution < -0.4 is 4.74 Å². The van der Waals surface area contributed by atoms with Crippen molar-refractivity contribution in [1.29, 1.82) is 0 Å². The highest BCUT2D eigenvalue weighted by atomic mass is 32.2. The molecule has 0 saturated carbocycles. The number of ether oxygens (including phenoxy) is 1. The molecule has 0 spiro atoms. The summed E-state index contributed by atoms with van der Waals surface area (Å²) < 4.78 is 5.19. The van der Waals surface area contributed by atoms with Gasteiger partial charge in [0, 0.05) is 18.5 Å². The van der Waals surface area contributed by atoms with Crippen LogP contribution in [0.2, 0.25) is 0 Å². The molecule has 0 aliphatic carbocycles. The van der Waals surface area contributed by atoms with Crippen LogP contribution in [0, 0.1) is 0 Å². The standard InChI is InChI=1S/C16H17NO7S2/c1-24-10-5-8(7-18)9(13(21)14(10)22)6-11-15(23)17(16(25)26-11)4-2-3-12(19)20/h5-6,18,21-22H,2-4,7H2,1H3,(H,19,20)/b11-6-. The van der Waals surface area contributed by atoms with Gasteiger partial charge in [0.05, 0.1) is 18.6 Å². The first kappa shape index (κ1) is 20.0. The normalized spacial score (nSPS) is 15.8. The third-order valence-electron chi connectivity index (χ3n) is 3.68. The molecule has 4 N–H and O–H groups in total.